The van der Waals surface area contributed by atoms with Gasteiger partial charge in [0.05, 0.1) is 13.1 Å². The van der Waals surface area contributed by atoms with Crippen LogP contribution in [0.25, 0.3) is 0 Å². The number of likely N-dealkylation sites (N-methyl/N-ethyl adjacent to an activating group) is 1. The fourth-order valence-electron chi connectivity index (χ4n) is 2.40. The summed E-state index contributed by atoms with van der Waals surface area (Å²) >= 11 is 0. The Morgan fingerprint density at radius 2 is 1.91 bits per heavy atom. The standard InChI is InChI=1S/C16H24N4O2/c1-18(2)14-6-4-13(5-7-14)10-19(3)16(22)12-20-9-8-17-15(21)11-20/h4-7H,8-12H2,1-3H3,(H,17,21). The molecule has 0 atom stereocenters. The van der Waals surface area contributed by atoms with Gasteiger partial charge >= 0.3 is 0 Å². The summed E-state index contributed by atoms with van der Waals surface area (Å²) in [6.07, 6.45) is 0. The Bertz CT molecular complexity index is 527. The Morgan fingerprint density at radius 3 is 2.50 bits per heavy atom. The highest BCUT2D eigenvalue weighted by molar-refractivity contribution is 5.81. The zero-order chi connectivity index (χ0) is 16.1. The molecule has 1 aliphatic rings. The summed E-state index contributed by atoms with van der Waals surface area (Å²) < 4.78 is 0. The first kappa shape index (κ1) is 16.3. The molecule has 1 aromatic carbocycles. The molecule has 2 rings (SSSR count). The summed E-state index contributed by atoms with van der Waals surface area (Å²) in [4.78, 5) is 29.2. The molecule has 1 aromatic rings. The number of hydrogen-bond acceptors (Lipinski definition) is 4. The van der Waals surface area contributed by atoms with Gasteiger partial charge in [-0.15, -0.1) is 0 Å². The third-order valence-corrected chi connectivity index (χ3v) is 3.77. The number of nitrogens with zero attached hydrogens (tertiary/aromatic N) is 3. The first-order chi connectivity index (χ1) is 10.5. The number of carbonyl (C=O) groups excluding carboxylic acids is 2. The second kappa shape index (κ2) is 7.26. The van der Waals surface area contributed by atoms with E-state index in [9.17, 15) is 9.59 Å². The van der Waals surface area contributed by atoms with E-state index >= 15 is 0 Å². The first-order valence-corrected chi connectivity index (χ1v) is 7.45. The van der Waals surface area contributed by atoms with Gasteiger partial charge in [-0.3, -0.25) is 14.5 Å². The Balaban J connectivity index is 1.86. The third kappa shape index (κ3) is 4.46. The number of carbonyl (C=O) groups is 2. The lowest BCUT2D eigenvalue weighted by Gasteiger charge is -2.28. The van der Waals surface area contributed by atoms with Gasteiger partial charge in [-0.2, -0.15) is 0 Å². The van der Waals surface area contributed by atoms with Gasteiger partial charge in [-0.1, -0.05) is 12.1 Å². The van der Waals surface area contributed by atoms with Crippen LogP contribution in [0.15, 0.2) is 24.3 Å². The lowest BCUT2D eigenvalue weighted by Crippen LogP contribution is -2.50. The van der Waals surface area contributed by atoms with Crippen LogP contribution in [-0.2, 0) is 16.1 Å². The Kier molecular flexibility index (Phi) is 5.38. The summed E-state index contributed by atoms with van der Waals surface area (Å²) in [5.41, 5.74) is 2.23. The fourth-order valence-corrected chi connectivity index (χ4v) is 2.40. The van der Waals surface area contributed by atoms with Gasteiger partial charge in [0.25, 0.3) is 0 Å². The molecule has 2 amide bonds. The van der Waals surface area contributed by atoms with Crippen molar-refractivity contribution >= 4 is 17.5 Å². The molecule has 6 nitrogen and oxygen atoms in total. The van der Waals surface area contributed by atoms with E-state index < -0.39 is 0 Å². The lowest BCUT2D eigenvalue weighted by atomic mass is 10.2. The van der Waals surface area contributed by atoms with E-state index in [0.717, 1.165) is 17.8 Å². The lowest BCUT2D eigenvalue weighted by molar-refractivity contribution is -0.133. The summed E-state index contributed by atoms with van der Waals surface area (Å²) in [6, 6.07) is 8.16. The van der Waals surface area contributed by atoms with Crippen molar-refractivity contribution in [2.24, 2.45) is 0 Å². The van der Waals surface area contributed by atoms with Crippen molar-refractivity contribution in [2.45, 2.75) is 6.54 Å². The van der Waals surface area contributed by atoms with Crippen LogP contribution in [0, 0.1) is 0 Å². The zero-order valence-electron chi connectivity index (χ0n) is 13.5. The van der Waals surface area contributed by atoms with Crippen molar-refractivity contribution in [3.05, 3.63) is 29.8 Å². The van der Waals surface area contributed by atoms with E-state index in [1.165, 1.54) is 0 Å². The molecular formula is C16H24N4O2. The van der Waals surface area contributed by atoms with Gasteiger partial charge in [-0.05, 0) is 17.7 Å². The summed E-state index contributed by atoms with van der Waals surface area (Å²) in [5, 5.41) is 2.76. The van der Waals surface area contributed by atoms with Crippen LogP contribution in [0.2, 0.25) is 0 Å². The number of anilines is 1. The first-order valence-electron chi connectivity index (χ1n) is 7.45. The largest absolute Gasteiger partial charge is 0.378 e. The number of piperazine rings is 1. The maximum atomic E-state index is 12.2. The molecule has 0 aromatic heterocycles. The van der Waals surface area contributed by atoms with Gasteiger partial charge in [0, 0.05) is 46.5 Å². The number of hydrogen-bond donors (Lipinski definition) is 1. The second-order valence-electron chi connectivity index (χ2n) is 5.87. The minimum Gasteiger partial charge on any atom is -0.378 e. The normalized spacial score (nSPS) is 15.3. The van der Waals surface area contributed by atoms with E-state index in [0.29, 0.717) is 26.2 Å². The Labute approximate surface area is 131 Å². The minimum atomic E-state index is -0.0130. The third-order valence-electron chi connectivity index (χ3n) is 3.77. The molecule has 0 spiro atoms. The molecule has 1 saturated heterocycles. The molecule has 6 heteroatoms. The van der Waals surface area contributed by atoms with Crippen LogP contribution in [-0.4, -0.2) is 68.9 Å². The molecule has 0 radical (unpaired) electrons. The van der Waals surface area contributed by atoms with Crippen molar-refractivity contribution in [3.8, 4) is 0 Å². The number of rotatable bonds is 5. The maximum absolute atomic E-state index is 12.2. The average molecular weight is 304 g/mol. The molecule has 1 N–H and O–H groups in total. The zero-order valence-corrected chi connectivity index (χ0v) is 13.5. The predicted molar refractivity (Wildman–Crippen MR) is 86.7 cm³/mol. The van der Waals surface area contributed by atoms with E-state index in [2.05, 4.69) is 5.32 Å². The molecule has 0 saturated carbocycles. The summed E-state index contributed by atoms with van der Waals surface area (Å²) in [5.74, 6) is 0.0207. The molecular weight excluding hydrogens is 280 g/mol. The number of nitrogens with one attached hydrogen (secondary N) is 1. The van der Waals surface area contributed by atoms with Crippen molar-refractivity contribution in [3.63, 3.8) is 0 Å². The minimum absolute atomic E-state index is 0.0130. The van der Waals surface area contributed by atoms with E-state index in [4.69, 9.17) is 0 Å². The van der Waals surface area contributed by atoms with Gasteiger partial charge < -0.3 is 15.1 Å². The molecule has 120 valence electrons. The smallest absolute Gasteiger partial charge is 0.236 e. The Hall–Kier alpha value is -2.08. The van der Waals surface area contributed by atoms with Gasteiger partial charge in [0.15, 0.2) is 0 Å². The molecule has 1 aliphatic heterocycles. The highest BCUT2D eigenvalue weighted by atomic mass is 16.2. The van der Waals surface area contributed by atoms with Crippen LogP contribution in [0.4, 0.5) is 5.69 Å². The van der Waals surface area contributed by atoms with Crippen LogP contribution in [0.3, 0.4) is 0 Å². The maximum Gasteiger partial charge on any atom is 0.236 e. The Morgan fingerprint density at radius 1 is 1.23 bits per heavy atom. The van der Waals surface area contributed by atoms with E-state index in [-0.39, 0.29) is 11.8 Å². The highest BCUT2D eigenvalue weighted by Crippen LogP contribution is 2.13. The molecule has 22 heavy (non-hydrogen) atoms. The van der Waals surface area contributed by atoms with Crippen molar-refractivity contribution in [2.75, 3.05) is 52.2 Å². The molecule has 0 bridgehead atoms. The molecule has 1 heterocycles. The van der Waals surface area contributed by atoms with Gasteiger partial charge in [0.1, 0.15) is 0 Å². The summed E-state index contributed by atoms with van der Waals surface area (Å²) in [6.45, 7) is 2.51. The predicted octanol–water partition coefficient (Wildman–Crippen LogP) is 0.143. The quantitative estimate of drug-likeness (QED) is 0.841. The van der Waals surface area contributed by atoms with Crippen molar-refractivity contribution in [1.29, 1.82) is 0 Å². The average Bonchev–Trinajstić information content (AvgIpc) is 2.47. The van der Waals surface area contributed by atoms with E-state index in [1.54, 1.807) is 11.9 Å². The van der Waals surface area contributed by atoms with E-state index in [1.807, 2.05) is 48.2 Å². The number of amides is 2. The highest BCUT2D eigenvalue weighted by Gasteiger charge is 2.20. The molecule has 0 unspecified atom stereocenters. The SMILES string of the molecule is CN(Cc1ccc(N(C)C)cc1)C(=O)CN1CCNC(=O)C1. The monoisotopic (exact) mass is 304 g/mol. The van der Waals surface area contributed by atoms with Crippen LogP contribution < -0.4 is 10.2 Å². The van der Waals surface area contributed by atoms with Crippen LogP contribution >= 0.6 is 0 Å². The topological polar surface area (TPSA) is 55.9 Å². The fraction of sp³-hybridized carbons (Fsp3) is 0.500. The summed E-state index contributed by atoms with van der Waals surface area (Å²) in [7, 11) is 5.80. The van der Waals surface area contributed by atoms with Gasteiger partial charge in [0.2, 0.25) is 11.8 Å². The van der Waals surface area contributed by atoms with Crippen LogP contribution in [0.1, 0.15) is 5.56 Å². The van der Waals surface area contributed by atoms with Crippen molar-refractivity contribution < 1.29 is 9.59 Å². The number of benzene rings is 1. The van der Waals surface area contributed by atoms with Gasteiger partial charge in [-0.25, -0.2) is 0 Å². The molecule has 1 fully saturated rings. The van der Waals surface area contributed by atoms with Crippen LogP contribution in [0.5, 0.6) is 0 Å². The second-order valence-corrected chi connectivity index (χ2v) is 5.87. The van der Waals surface area contributed by atoms with Crippen molar-refractivity contribution in [1.82, 2.24) is 15.1 Å². The molecule has 0 aliphatic carbocycles.